The summed E-state index contributed by atoms with van der Waals surface area (Å²) in [5.74, 6) is 1.83. The molecular weight excluding hydrogens is 340 g/mol. The van der Waals surface area contributed by atoms with E-state index >= 15 is 0 Å². The Kier molecular flexibility index (Phi) is 6.35. The summed E-state index contributed by atoms with van der Waals surface area (Å²) in [5, 5.41) is 0. The van der Waals surface area contributed by atoms with Crippen molar-refractivity contribution in [3.63, 3.8) is 0 Å². The number of methoxy groups -OCH3 is 2. The summed E-state index contributed by atoms with van der Waals surface area (Å²) in [4.78, 5) is 16.8. The van der Waals surface area contributed by atoms with Crippen LogP contribution in [0.5, 0.6) is 11.5 Å². The molecule has 0 aromatic heterocycles. The maximum atomic E-state index is 12.7. The fraction of sp³-hybridized carbons (Fsp3) is 0.409. The molecule has 1 aliphatic heterocycles. The Morgan fingerprint density at radius 3 is 2.22 bits per heavy atom. The zero-order valence-corrected chi connectivity index (χ0v) is 16.4. The van der Waals surface area contributed by atoms with E-state index in [0.717, 1.165) is 36.4 Å². The van der Waals surface area contributed by atoms with E-state index in [1.54, 1.807) is 19.1 Å². The number of carbonyl (C=O) groups excluding carboxylic acids is 1. The van der Waals surface area contributed by atoms with Crippen LogP contribution in [0.15, 0.2) is 48.5 Å². The first-order valence-corrected chi connectivity index (χ1v) is 9.35. The van der Waals surface area contributed by atoms with Crippen LogP contribution >= 0.6 is 0 Å². The van der Waals surface area contributed by atoms with Gasteiger partial charge in [0.15, 0.2) is 0 Å². The Morgan fingerprint density at radius 2 is 1.63 bits per heavy atom. The van der Waals surface area contributed by atoms with Crippen molar-refractivity contribution in [3.8, 4) is 11.5 Å². The minimum absolute atomic E-state index is 0.145. The molecule has 0 saturated carbocycles. The summed E-state index contributed by atoms with van der Waals surface area (Å²) >= 11 is 0. The minimum atomic E-state index is 0.145. The summed E-state index contributed by atoms with van der Waals surface area (Å²) in [5.41, 5.74) is 2.35. The molecular formula is C22H28N2O3. The summed E-state index contributed by atoms with van der Waals surface area (Å²) < 4.78 is 10.4. The first kappa shape index (κ1) is 19.2. The maximum Gasteiger partial charge on any atom is 0.236 e. The second-order valence-electron chi connectivity index (χ2n) is 7.00. The van der Waals surface area contributed by atoms with Gasteiger partial charge in [0, 0.05) is 19.6 Å². The third-order valence-corrected chi connectivity index (χ3v) is 5.21. The predicted molar refractivity (Wildman–Crippen MR) is 106 cm³/mol. The highest BCUT2D eigenvalue weighted by Gasteiger charge is 2.28. The fourth-order valence-corrected chi connectivity index (χ4v) is 3.61. The van der Waals surface area contributed by atoms with Crippen molar-refractivity contribution in [3.05, 3.63) is 59.7 Å². The largest absolute Gasteiger partial charge is 0.497 e. The van der Waals surface area contributed by atoms with Crippen molar-refractivity contribution < 1.29 is 14.3 Å². The number of likely N-dealkylation sites (tertiary alicyclic amines) is 1. The number of likely N-dealkylation sites (N-methyl/N-ethyl adjacent to an activating group) is 1. The van der Waals surface area contributed by atoms with Gasteiger partial charge in [-0.05, 0) is 54.8 Å². The molecule has 1 saturated heterocycles. The lowest BCUT2D eigenvalue weighted by molar-refractivity contribution is -0.131. The first-order valence-electron chi connectivity index (χ1n) is 9.35. The highest BCUT2D eigenvalue weighted by Crippen LogP contribution is 2.32. The monoisotopic (exact) mass is 368 g/mol. The summed E-state index contributed by atoms with van der Waals surface area (Å²) in [6.45, 7) is 2.01. The molecule has 27 heavy (non-hydrogen) atoms. The SMILES string of the molecule is COc1ccc(CN(C)C(=O)CN2CCCC2c2ccc(OC)cc2)cc1. The molecule has 5 heteroatoms. The van der Waals surface area contributed by atoms with Crippen LogP contribution < -0.4 is 9.47 Å². The standard InChI is InChI=1S/C22H28N2O3/c1-23(15-17-6-10-19(26-2)11-7-17)22(25)16-24-14-4-5-21(24)18-8-12-20(27-3)13-9-18/h6-13,21H,4-5,14-16H2,1-3H3. The third-order valence-electron chi connectivity index (χ3n) is 5.21. The topological polar surface area (TPSA) is 42.0 Å². The summed E-state index contributed by atoms with van der Waals surface area (Å²) in [7, 11) is 5.19. The lowest BCUT2D eigenvalue weighted by atomic mass is 10.0. The van der Waals surface area contributed by atoms with Crippen molar-refractivity contribution in [1.29, 1.82) is 0 Å². The quantitative estimate of drug-likeness (QED) is 0.750. The van der Waals surface area contributed by atoms with E-state index in [2.05, 4.69) is 17.0 Å². The first-order chi connectivity index (χ1) is 13.1. The zero-order chi connectivity index (χ0) is 19.2. The lowest BCUT2D eigenvalue weighted by Gasteiger charge is -2.27. The number of nitrogens with zero attached hydrogens (tertiary/aromatic N) is 2. The van der Waals surface area contributed by atoms with Crippen LogP contribution in [0.1, 0.15) is 30.0 Å². The van der Waals surface area contributed by atoms with Crippen molar-refractivity contribution in [2.75, 3.05) is 34.4 Å². The van der Waals surface area contributed by atoms with Gasteiger partial charge in [-0.3, -0.25) is 9.69 Å². The zero-order valence-electron chi connectivity index (χ0n) is 16.4. The summed E-state index contributed by atoms with van der Waals surface area (Å²) in [6.07, 6.45) is 2.20. The van der Waals surface area contributed by atoms with Gasteiger partial charge in [0.05, 0.1) is 20.8 Å². The van der Waals surface area contributed by atoms with Crippen LogP contribution in [0.4, 0.5) is 0 Å². The molecule has 5 nitrogen and oxygen atoms in total. The number of benzene rings is 2. The van der Waals surface area contributed by atoms with Gasteiger partial charge in [0.25, 0.3) is 0 Å². The number of hydrogen-bond donors (Lipinski definition) is 0. The lowest BCUT2D eigenvalue weighted by Crippen LogP contribution is -2.37. The predicted octanol–water partition coefficient (Wildman–Crippen LogP) is 3.50. The van der Waals surface area contributed by atoms with Crippen LogP contribution in [0.3, 0.4) is 0 Å². The highest BCUT2D eigenvalue weighted by atomic mass is 16.5. The Bertz CT molecular complexity index is 743. The molecule has 0 radical (unpaired) electrons. The van der Waals surface area contributed by atoms with Gasteiger partial charge < -0.3 is 14.4 Å². The van der Waals surface area contributed by atoms with Gasteiger partial charge in [0.1, 0.15) is 11.5 Å². The molecule has 1 amide bonds. The van der Waals surface area contributed by atoms with E-state index in [4.69, 9.17) is 9.47 Å². The van der Waals surface area contributed by atoms with E-state index in [0.29, 0.717) is 19.1 Å². The van der Waals surface area contributed by atoms with E-state index in [-0.39, 0.29) is 5.91 Å². The fourth-order valence-electron chi connectivity index (χ4n) is 3.61. The number of hydrogen-bond acceptors (Lipinski definition) is 4. The van der Waals surface area contributed by atoms with E-state index < -0.39 is 0 Å². The third kappa shape index (κ3) is 4.80. The summed E-state index contributed by atoms with van der Waals surface area (Å²) in [6, 6.07) is 16.3. The molecule has 2 aromatic carbocycles. The van der Waals surface area contributed by atoms with Gasteiger partial charge in [-0.15, -0.1) is 0 Å². The smallest absolute Gasteiger partial charge is 0.236 e. The second-order valence-corrected chi connectivity index (χ2v) is 7.00. The van der Waals surface area contributed by atoms with E-state index in [1.807, 2.05) is 43.4 Å². The Balaban J connectivity index is 1.59. The van der Waals surface area contributed by atoms with Crippen LogP contribution in [-0.2, 0) is 11.3 Å². The van der Waals surface area contributed by atoms with Gasteiger partial charge in [-0.25, -0.2) is 0 Å². The van der Waals surface area contributed by atoms with Gasteiger partial charge >= 0.3 is 0 Å². The molecule has 1 atom stereocenters. The van der Waals surface area contributed by atoms with Crippen LogP contribution in [-0.4, -0.2) is 50.1 Å². The molecule has 1 fully saturated rings. The number of rotatable bonds is 7. The van der Waals surface area contributed by atoms with Crippen molar-refractivity contribution in [2.24, 2.45) is 0 Å². The maximum absolute atomic E-state index is 12.7. The highest BCUT2D eigenvalue weighted by molar-refractivity contribution is 5.78. The van der Waals surface area contributed by atoms with Gasteiger partial charge in [-0.1, -0.05) is 24.3 Å². The molecule has 1 unspecified atom stereocenters. The number of carbonyl (C=O) groups is 1. The van der Waals surface area contributed by atoms with Crippen molar-refractivity contribution in [2.45, 2.75) is 25.4 Å². The number of ether oxygens (including phenoxy) is 2. The molecule has 0 bridgehead atoms. The van der Waals surface area contributed by atoms with Crippen LogP contribution in [0, 0.1) is 0 Å². The van der Waals surface area contributed by atoms with Crippen molar-refractivity contribution in [1.82, 2.24) is 9.80 Å². The Labute approximate surface area is 161 Å². The molecule has 1 aliphatic rings. The average molecular weight is 368 g/mol. The number of amides is 1. The van der Waals surface area contributed by atoms with Crippen molar-refractivity contribution >= 4 is 5.91 Å². The van der Waals surface area contributed by atoms with E-state index in [9.17, 15) is 4.79 Å². The van der Waals surface area contributed by atoms with E-state index in [1.165, 1.54) is 5.56 Å². The average Bonchev–Trinajstić information content (AvgIpc) is 3.16. The molecule has 0 spiro atoms. The second kappa shape index (κ2) is 8.91. The molecule has 0 aliphatic carbocycles. The normalized spacial score (nSPS) is 16.9. The van der Waals surface area contributed by atoms with Crippen LogP contribution in [0.25, 0.3) is 0 Å². The molecule has 0 N–H and O–H groups in total. The Hall–Kier alpha value is -2.53. The van der Waals surface area contributed by atoms with Gasteiger partial charge in [0.2, 0.25) is 5.91 Å². The molecule has 3 rings (SSSR count). The Morgan fingerprint density at radius 1 is 1.04 bits per heavy atom. The molecule has 144 valence electrons. The molecule has 2 aromatic rings. The molecule has 1 heterocycles. The van der Waals surface area contributed by atoms with Crippen LogP contribution in [0.2, 0.25) is 0 Å². The van der Waals surface area contributed by atoms with Gasteiger partial charge in [-0.2, -0.15) is 0 Å². The minimum Gasteiger partial charge on any atom is -0.497 e.